The van der Waals surface area contributed by atoms with Crippen molar-refractivity contribution >= 4 is 15.9 Å². The van der Waals surface area contributed by atoms with Gasteiger partial charge in [-0.15, -0.1) is 0 Å². The normalized spacial score (nSPS) is 35.6. The first-order valence-electron chi connectivity index (χ1n) is 5.99. The predicted octanol–water partition coefficient (Wildman–Crippen LogP) is 3.02. The molecule has 3 nitrogen and oxygen atoms in total. The molecule has 19 heavy (non-hydrogen) atoms. The molecule has 1 saturated heterocycles. The van der Waals surface area contributed by atoms with Crippen molar-refractivity contribution in [1.82, 2.24) is 0 Å². The molecule has 1 aromatic carbocycles. The number of fused-ring (bicyclic) bond motifs is 1. The molecule has 0 N–H and O–H groups in total. The van der Waals surface area contributed by atoms with Crippen molar-refractivity contribution in [2.45, 2.75) is 30.7 Å². The summed E-state index contributed by atoms with van der Waals surface area (Å²) in [5, 5.41) is 0. The molecule has 2 fully saturated rings. The molecule has 6 heteroatoms. The van der Waals surface area contributed by atoms with Gasteiger partial charge in [0.05, 0.1) is 6.61 Å². The van der Waals surface area contributed by atoms with Gasteiger partial charge in [0.15, 0.2) is 11.7 Å². The average molecular weight is 335 g/mol. The van der Waals surface area contributed by atoms with Crippen molar-refractivity contribution in [3.63, 3.8) is 0 Å². The molecule has 3 rings (SSSR count). The van der Waals surface area contributed by atoms with Gasteiger partial charge in [-0.25, -0.2) is 8.78 Å². The SMILES string of the molecule is C[C@]12O[C@@H](COc3ccc(Br)cc3)CO[C@H]1C2(F)F. The van der Waals surface area contributed by atoms with Gasteiger partial charge in [0, 0.05) is 4.47 Å². The number of halogens is 3. The van der Waals surface area contributed by atoms with Crippen molar-refractivity contribution in [3.05, 3.63) is 28.7 Å². The van der Waals surface area contributed by atoms with E-state index < -0.39 is 23.7 Å². The van der Waals surface area contributed by atoms with Gasteiger partial charge in [-0.1, -0.05) is 15.9 Å². The zero-order valence-corrected chi connectivity index (χ0v) is 11.8. The maximum atomic E-state index is 13.4. The van der Waals surface area contributed by atoms with Gasteiger partial charge in [0.2, 0.25) is 0 Å². The largest absolute Gasteiger partial charge is 0.491 e. The first kappa shape index (κ1) is 13.3. The van der Waals surface area contributed by atoms with Crippen molar-refractivity contribution in [2.75, 3.05) is 13.2 Å². The average Bonchev–Trinajstić information content (AvgIpc) is 2.82. The predicted molar refractivity (Wildman–Crippen MR) is 67.6 cm³/mol. The molecule has 0 amide bonds. The summed E-state index contributed by atoms with van der Waals surface area (Å²) in [7, 11) is 0. The lowest BCUT2D eigenvalue weighted by Gasteiger charge is -2.26. The van der Waals surface area contributed by atoms with E-state index in [1.165, 1.54) is 6.92 Å². The van der Waals surface area contributed by atoms with Crippen LogP contribution in [0, 0.1) is 0 Å². The summed E-state index contributed by atoms with van der Waals surface area (Å²) >= 11 is 3.32. The molecule has 0 bridgehead atoms. The minimum absolute atomic E-state index is 0.131. The molecule has 3 atom stereocenters. The van der Waals surface area contributed by atoms with Crippen LogP contribution in [0.3, 0.4) is 0 Å². The lowest BCUT2D eigenvalue weighted by molar-refractivity contribution is -0.149. The van der Waals surface area contributed by atoms with E-state index in [1.54, 1.807) is 12.1 Å². The van der Waals surface area contributed by atoms with Gasteiger partial charge in [-0.2, -0.15) is 0 Å². The fourth-order valence-electron chi connectivity index (χ4n) is 2.26. The number of alkyl halides is 2. The number of benzene rings is 1. The third-order valence-corrected chi connectivity index (χ3v) is 4.05. The third-order valence-electron chi connectivity index (χ3n) is 3.52. The number of ether oxygens (including phenoxy) is 3. The Bertz CT molecular complexity index is 479. The van der Waals surface area contributed by atoms with E-state index in [0.29, 0.717) is 5.75 Å². The van der Waals surface area contributed by atoms with Crippen molar-refractivity contribution in [2.24, 2.45) is 0 Å². The van der Waals surface area contributed by atoms with Crippen molar-refractivity contribution in [3.8, 4) is 5.75 Å². The van der Waals surface area contributed by atoms with E-state index in [-0.39, 0.29) is 13.2 Å². The first-order valence-corrected chi connectivity index (χ1v) is 6.78. The van der Waals surface area contributed by atoms with E-state index in [0.717, 1.165) is 4.47 Å². The highest BCUT2D eigenvalue weighted by molar-refractivity contribution is 9.10. The minimum atomic E-state index is -2.89. The van der Waals surface area contributed by atoms with Gasteiger partial charge in [-0.3, -0.25) is 0 Å². The van der Waals surface area contributed by atoms with Crippen LogP contribution >= 0.6 is 15.9 Å². The summed E-state index contributed by atoms with van der Waals surface area (Å²) in [5.74, 6) is -2.22. The fourth-order valence-corrected chi connectivity index (χ4v) is 2.53. The van der Waals surface area contributed by atoms with Gasteiger partial charge < -0.3 is 14.2 Å². The second-order valence-electron chi connectivity index (χ2n) is 4.95. The van der Waals surface area contributed by atoms with Crippen LogP contribution in [-0.4, -0.2) is 36.9 Å². The lowest BCUT2D eigenvalue weighted by Crippen LogP contribution is -2.39. The summed E-state index contributed by atoms with van der Waals surface area (Å²) in [6.07, 6.45) is -1.58. The molecule has 1 heterocycles. The second kappa shape index (κ2) is 4.40. The van der Waals surface area contributed by atoms with E-state index in [1.807, 2.05) is 12.1 Å². The Labute approximate surface area is 118 Å². The molecule has 1 aliphatic heterocycles. The molecular formula is C13H13BrF2O3. The number of rotatable bonds is 3. The van der Waals surface area contributed by atoms with Crippen LogP contribution < -0.4 is 4.74 Å². The van der Waals surface area contributed by atoms with Crippen LogP contribution in [0.1, 0.15) is 6.92 Å². The topological polar surface area (TPSA) is 27.7 Å². The summed E-state index contributed by atoms with van der Waals surface area (Å²) < 4.78 is 43.7. The molecular weight excluding hydrogens is 322 g/mol. The molecule has 1 aliphatic carbocycles. The first-order chi connectivity index (χ1) is 8.93. The monoisotopic (exact) mass is 334 g/mol. The number of hydrogen-bond donors (Lipinski definition) is 0. The maximum Gasteiger partial charge on any atom is 0.307 e. The molecule has 104 valence electrons. The van der Waals surface area contributed by atoms with Crippen LogP contribution in [0.25, 0.3) is 0 Å². The maximum absolute atomic E-state index is 13.4. The Morgan fingerprint density at radius 2 is 2.05 bits per heavy atom. The molecule has 0 unspecified atom stereocenters. The van der Waals surface area contributed by atoms with E-state index in [4.69, 9.17) is 14.2 Å². The van der Waals surface area contributed by atoms with Crippen LogP contribution in [-0.2, 0) is 9.47 Å². The Hall–Kier alpha value is -0.720. The molecule has 2 aliphatic rings. The molecule has 0 spiro atoms. The van der Waals surface area contributed by atoms with E-state index in [9.17, 15) is 8.78 Å². The van der Waals surface area contributed by atoms with Crippen LogP contribution in [0.5, 0.6) is 5.75 Å². The minimum Gasteiger partial charge on any atom is -0.491 e. The van der Waals surface area contributed by atoms with Crippen molar-refractivity contribution < 1.29 is 23.0 Å². The summed E-state index contributed by atoms with van der Waals surface area (Å²) in [6.45, 7) is 1.70. The summed E-state index contributed by atoms with van der Waals surface area (Å²) in [4.78, 5) is 0. The zero-order chi connectivity index (χ0) is 13.7. The standard InChI is InChI=1S/C13H13BrF2O3/c1-12-11(13(12,15)16)18-7-10(19-12)6-17-9-4-2-8(14)3-5-9/h2-5,10-11H,6-7H2,1H3/t10-,11+,12-/m0/s1. The van der Waals surface area contributed by atoms with Gasteiger partial charge in [0.1, 0.15) is 18.5 Å². The highest BCUT2D eigenvalue weighted by atomic mass is 79.9. The quantitative estimate of drug-likeness (QED) is 0.850. The second-order valence-corrected chi connectivity index (χ2v) is 5.86. The molecule has 1 aromatic rings. The Morgan fingerprint density at radius 1 is 1.37 bits per heavy atom. The van der Waals surface area contributed by atoms with E-state index >= 15 is 0 Å². The van der Waals surface area contributed by atoms with Gasteiger partial charge >= 0.3 is 5.92 Å². The van der Waals surface area contributed by atoms with Crippen LogP contribution in [0.4, 0.5) is 8.78 Å². The van der Waals surface area contributed by atoms with Crippen LogP contribution in [0.15, 0.2) is 28.7 Å². The highest BCUT2D eigenvalue weighted by Gasteiger charge is 2.83. The highest BCUT2D eigenvalue weighted by Crippen LogP contribution is 2.59. The number of hydrogen-bond acceptors (Lipinski definition) is 3. The van der Waals surface area contributed by atoms with Gasteiger partial charge in [-0.05, 0) is 31.2 Å². The Balaban J connectivity index is 1.56. The zero-order valence-electron chi connectivity index (χ0n) is 10.2. The molecule has 0 radical (unpaired) electrons. The van der Waals surface area contributed by atoms with Crippen LogP contribution in [0.2, 0.25) is 0 Å². The van der Waals surface area contributed by atoms with Gasteiger partial charge in [0.25, 0.3) is 0 Å². The lowest BCUT2D eigenvalue weighted by atomic mass is 10.3. The molecule has 1 saturated carbocycles. The molecule has 0 aromatic heterocycles. The summed E-state index contributed by atoms with van der Waals surface area (Å²) in [6, 6.07) is 7.29. The van der Waals surface area contributed by atoms with E-state index in [2.05, 4.69) is 15.9 Å². The smallest absolute Gasteiger partial charge is 0.307 e. The fraction of sp³-hybridized carbons (Fsp3) is 0.538. The van der Waals surface area contributed by atoms with Crippen molar-refractivity contribution in [1.29, 1.82) is 0 Å². The Morgan fingerprint density at radius 3 is 2.68 bits per heavy atom. The third kappa shape index (κ3) is 2.15. The summed E-state index contributed by atoms with van der Waals surface area (Å²) in [5.41, 5.74) is -1.49. The Kier molecular flexibility index (Phi) is 3.07.